The van der Waals surface area contributed by atoms with Gasteiger partial charge in [0.1, 0.15) is 0 Å². The summed E-state index contributed by atoms with van der Waals surface area (Å²) in [6.07, 6.45) is -0.742. The molecule has 1 N–H and O–H groups in total. The van der Waals surface area contributed by atoms with Gasteiger partial charge in [0.15, 0.2) is 5.69 Å². The first-order valence-electron chi connectivity index (χ1n) is 9.33. The molecule has 1 amide bonds. The van der Waals surface area contributed by atoms with Crippen molar-refractivity contribution in [3.63, 3.8) is 0 Å². The lowest BCUT2D eigenvalue weighted by atomic mass is 10.2. The molecule has 0 fully saturated rings. The van der Waals surface area contributed by atoms with Crippen molar-refractivity contribution in [3.05, 3.63) is 78.4 Å². The number of fused-ring (bicyclic) bond motifs is 1. The Hall–Kier alpha value is -3.62. The number of aromatic nitrogens is 4. The number of carbonyl (C=O) groups excluding carboxylic acids is 1. The molecule has 0 saturated heterocycles. The number of nitrogens with zero attached hydrogens (tertiary/aromatic N) is 4. The summed E-state index contributed by atoms with van der Waals surface area (Å²) < 4.78 is 41.2. The van der Waals surface area contributed by atoms with Crippen LogP contribution in [0.1, 0.15) is 22.5 Å². The van der Waals surface area contributed by atoms with Crippen LogP contribution in [0.4, 0.5) is 13.2 Å². The van der Waals surface area contributed by atoms with Crippen LogP contribution in [-0.4, -0.2) is 31.8 Å². The summed E-state index contributed by atoms with van der Waals surface area (Å²) in [4.78, 5) is 16.6. The number of imidazole rings is 1. The fourth-order valence-corrected chi connectivity index (χ4v) is 3.13. The molecule has 154 valence electrons. The van der Waals surface area contributed by atoms with Gasteiger partial charge in [-0.3, -0.25) is 4.79 Å². The third kappa shape index (κ3) is 4.19. The molecular weight excluding hydrogens is 395 g/mol. The normalized spacial score (nSPS) is 11.7. The molecule has 2 aromatic carbocycles. The van der Waals surface area contributed by atoms with E-state index in [1.807, 2.05) is 28.8 Å². The fourth-order valence-electron chi connectivity index (χ4n) is 3.13. The highest BCUT2D eigenvalue weighted by Crippen LogP contribution is 2.27. The predicted molar refractivity (Wildman–Crippen MR) is 105 cm³/mol. The largest absolute Gasteiger partial charge is 0.435 e. The smallest absolute Gasteiger partial charge is 0.352 e. The van der Waals surface area contributed by atoms with E-state index in [2.05, 4.69) is 15.4 Å². The maximum Gasteiger partial charge on any atom is 0.435 e. The maximum atomic E-state index is 12.7. The SMILES string of the molecule is O=C(NCCCn1cnc2ccccc21)c1ccc(-n2ccc(C(F)(F)F)n2)cc1. The van der Waals surface area contributed by atoms with Crippen molar-refractivity contribution in [1.29, 1.82) is 0 Å². The van der Waals surface area contributed by atoms with E-state index < -0.39 is 11.9 Å². The van der Waals surface area contributed by atoms with Gasteiger partial charge in [-0.25, -0.2) is 9.67 Å². The van der Waals surface area contributed by atoms with E-state index >= 15 is 0 Å². The van der Waals surface area contributed by atoms with E-state index in [-0.39, 0.29) is 5.91 Å². The van der Waals surface area contributed by atoms with E-state index in [1.54, 1.807) is 30.6 Å². The van der Waals surface area contributed by atoms with Crippen LogP contribution in [0.25, 0.3) is 16.7 Å². The number of benzene rings is 2. The Morgan fingerprint density at radius 1 is 1.03 bits per heavy atom. The minimum Gasteiger partial charge on any atom is -0.352 e. The second-order valence-electron chi connectivity index (χ2n) is 6.73. The van der Waals surface area contributed by atoms with Crippen LogP contribution in [0.2, 0.25) is 0 Å². The Balaban J connectivity index is 1.31. The topological polar surface area (TPSA) is 64.7 Å². The van der Waals surface area contributed by atoms with Gasteiger partial charge in [0.05, 0.1) is 23.0 Å². The first-order valence-corrected chi connectivity index (χ1v) is 9.33. The Labute approximate surface area is 170 Å². The second kappa shape index (κ2) is 8.02. The van der Waals surface area contributed by atoms with Crippen LogP contribution in [0.5, 0.6) is 0 Å². The molecule has 9 heteroatoms. The average Bonchev–Trinajstić information content (AvgIpc) is 3.39. The molecule has 6 nitrogen and oxygen atoms in total. The van der Waals surface area contributed by atoms with Crippen molar-refractivity contribution in [1.82, 2.24) is 24.6 Å². The number of aryl methyl sites for hydroxylation is 1. The summed E-state index contributed by atoms with van der Waals surface area (Å²) in [5, 5.41) is 6.37. The van der Waals surface area contributed by atoms with Crippen molar-refractivity contribution < 1.29 is 18.0 Å². The Bertz CT molecular complexity index is 1160. The quantitative estimate of drug-likeness (QED) is 0.485. The van der Waals surface area contributed by atoms with E-state index in [0.717, 1.165) is 34.7 Å². The van der Waals surface area contributed by atoms with Gasteiger partial charge in [-0.15, -0.1) is 0 Å². The van der Waals surface area contributed by atoms with Gasteiger partial charge < -0.3 is 9.88 Å². The lowest BCUT2D eigenvalue weighted by molar-refractivity contribution is -0.141. The van der Waals surface area contributed by atoms with E-state index in [4.69, 9.17) is 0 Å². The van der Waals surface area contributed by atoms with Crippen LogP contribution in [0.3, 0.4) is 0 Å². The van der Waals surface area contributed by atoms with Crippen molar-refractivity contribution in [2.45, 2.75) is 19.1 Å². The van der Waals surface area contributed by atoms with Gasteiger partial charge in [-0.2, -0.15) is 18.3 Å². The van der Waals surface area contributed by atoms with Gasteiger partial charge in [-0.05, 0) is 48.9 Å². The molecule has 0 radical (unpaired) electrons. The number of halogens is 3. The van der Waals surface area contributed by atoms with Crippen LogP contribution >= 0.6 is 0 Å². The molecule has 0 saturated carbocycles. The summed E-state index contributed by atoms with van der Waals surface area (Å²) in [7, 11) is 0. The summed E-state index contributed by atoms with van der Waals surface area (Å²) in [5.41, 5.74) is 1.88. The number of alkyl halides is 3. The van der Waals surface area contributed by atoms with E-state index in [0.29, 0.717) is 17.8 Å². The number of hydrogen-bond donors (Lipinski definition) is 1. The Kier molecular flexibility index (Phi) is 5.26. The number of hydrogen-bond acceptors (Lipinski definition) is 3. The third-order valence-corrected chi connectivity index (χ3v) is 4.66. The first kappa shape index (κ1) is 19.7. The molecule has 4 aromatic rings. The maximum absolute atomic E-state index is 12.7. The molecule has 30 heavy (non-hydrogen) atoms. The van der Waals surface area contributed by atoms with E-state index in [1.165, 1.54) is 6.20 Å². The fraction of sp³-hybridized carbons (Fsp3) is 0.190. The lowest BCUT2D eigenvalue weighted by Crippen LogP contribution is -2.25. The van der Waals surface area contributed by atoms with Gasteiger partial charge >= 0.3 is 6.18 Å². The van der Waals surface area contributed by atoms with Crippen molar-refractivity contribution >= 4 is 16.9 Å². The molecule has 0 atom stereocenters. The number of rotatable bonds is 6. The highest BCUT2D eigenvalue weighted by Gasteiger charge is 2.33. The standard InChI is InChI=1S/C21H18F3N5O/c22-21(23,24)19-10-13-29(27-19)16-8-6-15(7-9-16)20(30)25-11-3-12-28-14-26-17-4-1-2-5-18(17)28/h1-2,4-10,13-14H,3,11-12H2,(H,25,30). The molecule has 0 aliphatic carbocycles. The summed E-state index contributed by atoms with van der Waals surface area (Å²) in [5.74, 6) is -0.242. The number of amides is 1. The molecule has 4 rings (SSSR count). The Morgan fingerprint density at radius 3 is 2.53 bits per heavy atom. The van der Waals surface area contributed by atoms with Crippen LogP contribution in [-0.2, 0) is 12.7 Å². The van der Waals surface area contributed by atoms with Crippen molar-refractivity contribution in [3.8, 4) is 5.69 Å². The second-order valence-corrected chi connectivity index (χ2v) is 6.73. The van der Waals surface area contributed by atoms with Gasteiger partial charge in [0.2, 0.25) is 0 Å². The zero-order chi connectivity index (χ0) is 21.1. The zero-order valence-corrected chi connectivity index (χ0v) is 15.8. The summed E-state index contributed by atoms with van der Waals surface area (Å²) >= 11 is 0. The summed E-state index contributed by atoms with van der Waals surface area (Å²) in [6.45, 7) is 1.21. The number of carbonyl (C=O) groups is 1. The number of nitrogens with one attached hydrogen (secondary N) is 1. The van der Waals surface area contributed by atoms with Crippen molar-refractivity contribution in [2.24, 2.45) is 0 Å². The lowest BCUT2D eigenvalue weighted by Gasteiger charge is -2.08. The molecular formula is C21H18F3N5O. The minimum atomic E-state index is -4.49. The first-order chi connectivity index (χ1) is 14.4. The molecule has 2 heterocycles. The third-order valence-electron chi connectivity index (χ3n) is 4.66. The average molecular weight is 413 g/mol. The summed E-state index contributed by atoms with van der Waals surface area (Å²) in [6, 6.07) is 15.0. The highest BCUT2D eigenvalue weighted by molar-refractivity contribution is 5.94. The minimum absolute atomic E-state index is 0.242. The molecule has 0 aliphatic rings. The van der Waals surface area contributed by atoms with Crippen LogP contribution < -0.4 is 5.32 Å². The highest BCUT2D eigenvalue weighted by atomic mass is 19.4. The molecule has 0 bridgehead atoms. The van der Waals surface area contributed by atoms with E-state index in [9.17, 15) is 18.0 Å². The van der Waals surface area contributed by atoms with Crippen LogP contribution in [0, 0.1) is 0 Å². The van der Waals surface area contributed by atoms with Crippen molar-refractivity contribution in [2.75, 3.05) is 6.54 Å². The predicted octanol–water partition coefficient (Wildman–Crippen LogP) is 4.06. The molecule has 0 unspecified atom stereocenters. The van der Waals surface area contributed by atoms with Gasteiger partial charge in [0, 0.05) is 24.8 Å². The zero-order valence-electron chi connectivity index (χ0n) is 15.8. The monoisotopic (exact) mass is 413 g/mol. The van der Waals surface area contributed by atoms with Gasteiger partial charge in [0.25, 0.3) is 5.91 Å². The molecule has 0 aliphatic heterocycles. The van der Waals surface area contributed by atoms with Crippen LogP contribution in [0.15, 0.2) is 67.1 Å². The van der Waals surface area contributed by atoms with Gasteiger partial charge in [-0.1, -0.05) is 12.1 Å². The Morgan fingerprint density at radius 2 is 1.80 bits per heavy atom. The number of para-hydroxylation sites is 2. The molecule has 0 spiro atoms. The molecule has 2 aromatic heterocycles.